The minimum Gasteiger partial charge on any atom is -0.380 e. The van der Waals surface area contributed by atoms with Crippen LogP contribution in [0.1, 0.15) is 20.8 Å². The summed E-state index contributed by atoms with van der Waals surface area (Å²) in [6.07, 6.45) is 4.04. The van der Waals surface area contributed by atoms with E-state index in [1.54, 1.807) is 0 Å². The first-order valence-electron chi connectivity index (χ1n) is 5.11. The SMILES string of the molecule is C=N/C=C(\C(=C/C)C(C)C)C1COC1. The van der Waals surface area contributed by atoms with Gasteiger partial charge in [-0.1, -0.05) is 19.9 Å². The Labute approximate surface area is 86.4 Å². The molecule has 78 valence electrons. The largest absolute Gasteiger partial charge is 0.380 e. The molecule has 1 heterocycles. The van der Waals surface area contributed by atoms with Crippen LogP contribution in [0.15, 0.2) is 28.4 Å². The van der Waals surface area contributed by atoms with E-state index < -0.39 is 0 Å². The van der Waals surface area contributed by atoms with Crippen molar-refractivity contribution in [3.8, 4) is 0 Å². The van der Waals surface area contributed by atoms with Crippen LogP contribution in [0.3, 0.4) is 0 Å². The van der Waals surface area contributed by atoms with E-state index >= 15 is 0 Å². The van der Waals surface area contributed by atoms with E-state index in [2.05, 4.69) is 38.6 Å². The smallest absolute Gasteiger partial charge is 0.0557 e. The highest BCUT2D eigenvalue weighted by Gasteiger charge is 2.25. The molecule has 0 radical (unpaired) electrons. The molecule has 0 amide bonds. The summed E-state index contributed by atoms with van der Waals surface area (Å²) in [5.41, 5.74) is 2.66. The first-order valence-corrected chi connectivity index (χ1v) is 5.11. The number of ether oxygens (including phenoxy) is 1. The number of aliphatic imine (C=N–C) groups is 1. The van der Waals surface area contributed by atoms with E-state index in [1.807, 2.05) is 6.20 Å². The maximum absolute atomic E-state index is 5.21. The average molecular weight is 193 g/mol. The third-order valence-corrected chi connectivity index (χ3v) is 2.57. The van der Waals surface area contributed by atoms with Crippen molar-refractivity contribution in [2.45, 2.75) is 20.8 Å². The molecule has 0 aromatic rings. The Kier molecular flexibility index (Phi) is 4.08. The first-order chi connectivity index (χ1) is 6.70. The van der Waals surface area contributed by atoms with E-state index in [4.69, 9.17) is 4.74 Å². The second kappa shape index (κ2) is 5.11. The predicted octanol–water partition coefficient (Wildman–Crippen LogP) is 2.82. The fourth-order valence-electron chi connectivity index (χ4n) is 1.76. The Bertz CT molecular complexity index is 259. The molecule has 0 unspecified atom stereocenters. The number of allylic oxidation sites excluding steroid dienone is 2. The third-order valence-electron chi connectivity index (χ3n) is 2.57. The molecule has 0 N–H and O–H groups in total. The van der Waals surface area contributed by atoms with Crippen molar-refractivity contribution in [3.05, 3.63) is 23.4 Å². The Balaban J connectivity index is 2.85. The van der Waals surface area contributed by atoms with E-state index in [1.165, 1.54) is 11.1 Å². The molecule has 1 rings (SSSR count). The molecule has 1 aliphatic heterocycles. The maximum Gasteiger partial charge on any atom is 0.0557 e. The summed E-state index contributed by atoms with van der Waals surface area (Å²) in [5.74, 6) is 1.06. The Morgan fingerprint density at radius 2 is 2.14 bits per heavy atom. The summed E-state index contributed by atoms with van der Waals surface area (Å²) in [5, 5.41) is 0. The number of hydrogen-bond donors (Lipinski definition) is 0. The zero-order valence-electron chi connectivity index (χ0n) is 9.29. The summed E-state index contributed by atoms with van der Waals surface area (Å²) in [6, 6.07) is 0. The quantitative estimate of drug-likeness (QED) is 0.497. The minimum absolute atomic E-state index is 0.522. The Morgan fingerprint density at radius 1 is 1.50 bits per heavy atom. The van der Waals surface area contributed by atoms with Gasteiger partial charge in [0.1, 0.15) is 0 Å². The van der Waals surface area contributed by atoms with Gasteiger partial charge in [0.15, 0.2) is 0 Å². The molecule has 2 heteroatoms. The van der Waals surface area contributed by atoms with Crippen LogP contribution in [0.5, 0.6) is 0 Å². The molecular weight excluding hydrogens is 174 g/mol. The predicted molar refractivity (Wildman–Crippen MR) is 60.5 cm³/mol. The van der Waals surface area contributed by atoms with Crippen LogP contribution in [-0.4, -0.2) is 19.9 Å². The van der Waals surface area contributed by atoms with Crippen LogP contribution in [0.2, 0.25) is 0 Å². The van der Waals surface area contributed by atoms with E-state index in [0.717, 1.165) is 13.2 Å². The minimum atomic E-state index is 0.522. The Hall–Kier alpha value is -0.890. The second-order valence-corrected chi connectivity index (χ2v) is 3.90. The molecule has 1 fully saturated rings. The summed E-state index contributed by atoms with van der Waals surface area (Å²) in [6.45, 7) is 11.6. The standard InChI is InChI=1S/C12H19NO/c1-5-11(9(2)3)12(6-13-4)10-7-14-8-10/h5-6,9-10H,4,7-8H2,1-3H3/b11-5-,12-6-. The van der Waals surface area contributed by atoms with Crippen LogP contribution in [0.4, 0.5) is 0 Å². The highest BCUT2D eigenvalue weighted by atomic mass is 16.5. The van der Waals surface area contributed by atoms with Crippen molar-refractivity contribution in [1.82, 2.24) is 0 Å². The number of nitrogens with zero attached hydrogens (tertiary/aromatic N) is 1. The van der Waals surface area contributed by atoms with Crippen LogP contribution < -0.4 is 0 Å². The van der Waals surface area contributed by atoms with E-state index in [0.29, 0.717) is 11.8 Å². The van der Waals surface area contributed by atoms with Crippen molar-refractivity contribution in [1.29, 1.82) is 0 Å². The van der Waals surface area contributed by atoms with Gasteiger partial charge >= 0.3 is 0 Å². The summed E-state index contributed by atoms with van der Waals surface area (Å²) in [4.78, 5) is 3.88. The van der Waals surface area contributed by atoms with Crippen LogP contribution in [-0.2, 0) is 4.74 Å². The summed E-state index contributed by atoms with van der Waals surface area (Å²) < 4.78 is 5.21. The van der Waals surface area contributed by atoms with Gasteiger partial charge in [-0.25, -0.2) is 0 Å². The number of rotatable bonds is 4. The van der Waals surface area contributed by atoms with E-state index in [-0.39, 0.29) is 0 Å². The zero-order chi connectivity index (χ0) is 10.6. The molecule has 14 heavy (non-hydrogen) atoms. The first kappa shape index (κ1) is 11.2. The molecule has 2 nitrogen and oxygen atoms in total. The lowest BCUT2D eigenvalue weighted by Gasteiger charge is -2.30. The molecule has 0 saturated carbocycles. The van der Waals surface area contributed by atoms with Crippen molar-refractivity contribution in [2.24, 2.45) is 16.8 Å². The van der Waals surface area contributed by atoms with Crippen molar-refractivity contribution < 1.29 is 4.74 Å². The van der Waals surface area contributed by atoms with Gasteiger partial charge in [-0.2, -0.15) is 0 Å². The van der Waals surface area contributed by atoms with Gasteiger partial charge in [0.05, 0.1) is 13.2 Å². The molecule has 0 spiro atoms. The highest BCUT2D eigenvalue weighted by molar-refractivity contribution is 5.37. The molecule has 0 aromatic heterocycles. The molecule has 0 atom stereocenters. The monoisotopic (exact) mass is 193 g/mol. The molecule has 1 aliphatic rings. The fourth-order valence-corrected chi connectivity index (χ4v) is 1.76. The fraction of sp³-hybridized carbons (Fsp3) is 0.583. The van der Waals surface area contributed by atoms with Crippen LogP contribution >= 0.6 is 0 Å². The normalized spacial score (nSPS) is 19.7. The van der Waals surface area contributed by atoms with Crippen molar-refractivity contribution in [3.63, 3.8) is 0 Å². The Morgan fingerprint density at radius 3 is 2.43 bits per heavy atom. The van der Waals surface area contributed by atoms with Crippen molar-refractivity contribution >= 4 is 6.72 Å². The number of hydrogen-bond acceptors (Lipinski definition) is 2. The summed E-state index contributed by atoms with van der Waals surface area (Å²) >= 11 is 0. The van der Waals surface area contributed by atoms with Gasteiger partial charge in [-0.15, -0.1) is 0 Å². The molecule has 1 saturated heterocycles. The van der Waals surface area contributed by atoms with Gasteiger partial charge in [0.25, 0.3) is 0 Å². The highest BCUT2D eigenvalue weighted by Crippen LogP contribution is 2.30. The van der Waals surface area contributed by atoms with Gasteiger partial charge in [-0.05, 0) is 30.7 Å². The van der Waals surface area contributed by atoms with Crippen LogP contribution in [0, 0.1) is 11.8 Å². The van der Waals surface area contributed by atoms with E-state index in [9.17, 15) is 0 Å². The summed E-state index contributed by atoms with van der Waals surface area (Å²) in [7, 11) is 0. The lowest BCUT2D eigenvalue weighted by Crippen LogP contribution is -2.30. The third kappa shape index (κ3) is 2.32. The van der Waals surface area contributed by atoms with Crippen LogP contribution in [0.25, 0.3) is 0 Å². The topological polar surface area (TPSA) is 21.6 Å². The maximum atomic E-state index is 5.21. The van der Waals surface area contributed by atoms with Crippen molar-refractivity contribution in [2.75, 3.05) is 13.2 Å². The second-order valence-electron chi connectivity index (χ2n) is 3.90. The van der Waals surface area contributed by atoms with Gasteiger partial charge < -0.3 is 4.74 Å². The zero-order valence-corrected chi connectivity index (χ0v) is 9.29. The van der Waals surface area contributed by atoms with Gasteiger partial charge in [0, 0.05) is 12.1 Å². The lowest BCUT2D eigenvalue weighted by molar-refractivity contribution is -0.0127. The van der Waals surface area contributed by atoms with Gasteiger partial charge in [0.2, 0.25) is 0 Å². The molecule has 0 aliphatic carbocycles. The average Bonchev–Trinajstić information content (AvgIpc) is 2.01. The molecule has 0 aromatic carbocycles. The molecule has 0 bridgehead atoms. The molecular formula is C12H19NO. The lowest BCUT2D eigenvalue weighted by atomic mass is 9.86. The van der Waals surface area contributed by atoms with Gasteiger partial charge in [-0.3, -0.25) is 4.99 Å².